The Hall–Kier alpha value is -2.43. The summed E-state index contributed by atoms with van der Waals surface area (Å²) in [7, 11) is 0. The molecule has 1 unspecified atom stereocenters. The van der Waals surface area contributed by atoms with Crippen molar-refractivity contribution in [3.05, 3.63) is 63.8 Å². The van der Waals surface area contributed by atoms with E-state index in [0.29, 0.717) is 18.0 Å². The number of rotatable bonds is 7. The van der Waals surface area contributed by atoms with E-state index in [0.717, 1.165) is 56.3 Å². The second-order valence-corrected chi connectivity index (χ2v) is 8.56. The smallest absolute Gasteiger partial charge is 0.263 e. The lowest BCUT2D eigenvalue weighted by Gasteiger charge is -2.36. The molecule has 0 aromatic carbocycles. The van der Waals surface area contributed by atoms with Crippen LogP contribution in [-0.2, 0) is 13.0 Å². The normalized spacial score (nSPS) is 17.0. The lowest BCUT2D eigenvalue weighted by atomic mass is 9.95. The number of piperidine rings is 1. The van der Waals surface area contributed by atoms with Gasteiger partial charge in [0.25, 0.3) is 11.5 Å². The first kappa shape index (κ1) is 21.3. The van der Waals surface area contributed by atoms with Crippen molar-refractivity contribution in [1.82, 2.24) is 14.5 Å². The first-order valence-corrected chi connectivity index (χ1v) is 10.9. The largest absolute Gasteiger partial charge is 0.335 e. The minimum Gasteiger partial charge on any atom is -0.335 e. The Morgan fingerprint density at radius 1 is 1.24 bits per heavy atom. The van der Waals surface area contributed by atoms with Gasteiger partial charge in [-0.15, -0.1) is 0 Å². The number of likely N-dealkylation sites (tertiary alicyclic amines) is 1. The molecule has 29 heavy (non-hydrogen) atoms. The third-order valence-electron chi connectivity index (χ3n) is 5.88. The van der Waals surface area contributed by atoms with Gasteiger partial charge in [0.1, 0.15) is 5.56 Å². The van der Waals surface area contributed by atoms with E-state index >= 15 is 0 Å². The van der Waals surface area contributed by atoms with Crippen molar-refractivity contribution in [3.8, 4) is 0 Å². The van der Waals surface area contributed by atoms with Gasteiger partial charge in [0.05, 0.1) is 0 Å². The molecule has 5 nitrogen and oxygen atoms in total. The summed E-state index contributed by atoms with van der Waals surface area (Å²) < 4.78 is 1.70. The average molecular weight is 396 g/mol. The topological polar surface area (TPSA) is 55.2 Å². The number of hydrogen-bond acceptors (Lipinski definition) is 3. The molecule has 0 radical (unpaired) electrons. The molecule has 1 saturated heterocycles. The van der Waals surface area contributed by atoms with Crippen LogP contribution >= 0.6 is 0 Å². The molecule has 5 heteroatoms. The number of nitrogens with zero attached hydrogens (tertiary/aromatic N) is 3. The molecule has 156 valence electrons. The first-order valence-electron chi connectivity index (χ1n) is 10.9. The third kappa shape index (κ3) is 5.34. The Bertz CT molecular complexity index is 873. The van der Waals surface area contributed by atoms with E-state index in [-0.39, 0.29) is 17.5 Å². The Balaban J connectivity index is 1.79. The minimum atomic E-state index is -0.148. The number of carbonyl (C=O) groups excluding carboxylic acids is 1. The molecule has 1 aliphatic heterocycles. The minimum absolute atomic E-state index is 0.0999. The molecule has 0 N–H and O–H groups in total. The maximum Gasteiger partial charge on any atom is 0.263 e. The SMILES string of the molecule is Cc1ccn(CCC(C)C)c(=O)c1C(=O)N1CCCCC1CCc1ccccn1. The molecule has 3 heterocycles. The van der Waals surface area contributed by atoms with Crippen LogP contribution in [0.1, 0.15) is 67.6 Å². The van der Waals surface area contributed by atoms with E-state index in [2.05, 4.69) is 18.8 Å². The summed E-state index contributed by atoms with van der Waals surface area (Å²) in [6, 6.07) is 8.02. The molecular weight excluding hydrogens is 362 g/mol. The molecule has 0 bridgehead atoms. The maximum atomic E-state index is 13.5. The van der Waals surface area contributed by atoms with Crippen molar-refractivity contribution in [2.75, 3.05) is 6.54 Å². The van der Waals surface area contributed by atoms with Crippen molar-refractivity contribution in [2.24, 2.45) is 5.92 Å². The quantitative estimate of drug-likeness (QED) is 0.705. The van der Waals surface area contributed by atoms with Crippen LogP contribution in [0.15, 0.2) is 41.5 Å². The fourth-order valence-corrected chi connectivity index (χ4v) is 4.07. The highest BCUT2D eigenvalue weighted by atomic mass is 16.2. The van der Waals surface area contributed by atoms with E-state index in [1.165, 1.54) is 0 Å². The number of pyridine rings is 2. The van der Waals surface area contributed by atoms with Gasteiger partial charge in [-0.2, -0.15) is 0 Å². The molecule has 3 rings (SSSR count). The zero-order valence-corrected chi connectivity index (χ0v) is 17.9. The Morgan fingerprint density at radius 3 is 2.79 bits per heavy atom. The van der Waals surface area contributed by atoms with Crippen LogP contribution in [0.25, 0.3) is 0 Å². The molecule has 1 amide bonds. The van der Waals surface area contributed by atoms with Gasteiger partial charge in [0.2, 0.25) is 0 Å². The second kappa shape index (κ2) is 9.86. The fraction of sp³-hybridized carbons (Fsp3) is 0.542. The summed E-state index contributed by atoms with van der Waals surface area (Å²) in [5.41, 5.74) is 2.03. The van der Waals surface area contributed by atoms with Crippen molar-refractivity contribution in [2.45, 2.75) is 71.9 Å². The zero-order chi connectivity index (χ0) is 20.8. The van der Waals surface area contributed by atoms with Crippen LogP contribution in [0.3, 0.4) is 0 Å². The molecule has 1 fully saturated rings. The highest BCUT2D eigenvalue weighted by molar-refractivity contribution is 5.95. The summed E-state index contributed by atoms with van der Waals surface area (Å²) >= 11 is 0. The van der Waals surface area contributed by atoms with Gasteiger partial charge in [-0.1, -0.05) is 19.9 Å². The van der Waals surface area contributed by atoms with Gasteiger partial charge >= 0.3 is 0 Å². The third-order valence-corrected chi connectivity index (χ3v) is 5.88. The molecule has 0 saturated carbocycles. The number of aromatic nitrogens is 2. The van der Waals surface area contributed by atoms with E-state index in [1.54, 1.807) is 4.57 Å². The van der Waals surface area contributed by atoms with Gasteiger partial charge in [-0.25, -0.2) is 0 Å². The molecule has 0 spiro atoms. The van der Waals surface area contributed by atoms with Gasteiger partial charge in [-0.3, -0.25) is 14.6 Å². The van der Waals surface area contributed by atoms with Crippen LogP contribution < -0.4 is 5.56 Å². The van der Waals surface area contributed by atoms with Gasteiger partial charge in [0, 0.05) is 37.2 Å². The van der Waals surface area contributed by atoms with Crippen molar-refractivity contribution in [3.63, 3.8) is 0 Å². The van der Waals surface area contributed by atoms with Gasteiger partial charge < -0.3 is 9.47 Å². The summed E-state index contributed by atoms with van der Waals surface area (Å²) in [5.74, 6) is 0.414. The summed E-state index contributed by atoms with van der Waals surface area (Å²) in [6.45, 7) is 7.54. The zero-order valence-electron chi connectivity index (χ0n) is 17.9. The molecular formula is C24H33N3O2. The number of amides is 1. The second-order valence-electron chi connectivity index (χ2n) is 8.56. The van der Waals surface area contributed by atoms with Crippen molar-refractivity contribution < 1.29 is 4.79 Å². The predicted octanol–water partition coefficient (Wildman–Crippen LogP) is 4.23. The lowest BCUT2D eigenvalue weighted by molar-refractivity contribution is 0.0598. The Labute approximate surface area is 173 Å². The number of hydrogen-bond donors (Lipinski definition) is 0. The molecule has 1 atom stereocenters. The van der Waals surface area contributed by atoms with Crippen LogP contribution in [-0.4, -0.2) is 32.9 Å². The first-order chi connectivity index (χ1) is 14.0. The summed E-state index contributed by atoms with van der Waals surface area (Å²) in [5, 5.41) is 0. The Kier molecular flexibility index (Phi) is 7.24. The van der Waals surface area contributed by atoms with Crippen LogP contribution in [0.5, 0.6) is 0 Å². The molecule has 0 aliphatic carbocycles. The van der Waals surface area contributed by atoms with Crippen LogP contribution in [0.4, 0.5) is 0 Å². The number of carbonyl (C=O) groups is 1. The molecule has 2 aromatic rings. The highest BCUT2D eigenvalue weighted by Gasteiger charge is 2.30. The average Bonchev–Trinajstić information content (AvgIpc) is 2.72. The Morgan fingerprint density at radius 2 is 2.07 bits per heavy atom. The monoisotopic (exact) mass is 395 g/mol. The van der Waals surface area contributed by atoms with Crippen molar-refractivity contribution >= 4 is 5.91 Å². The van der Waals surface area contributed by atoms with Crippen LogP contribution in [0, 0.1) is 12.8 Å². The van der Waals surface area contributed by atoms with E-state index in [1.807, 2.05) is 48.5 Å². The van der Waals surface area contributed by atoms with Gasteiger partial charge in [0.15, 0.2) is 0 Å². The highest BCUT2D eigenvalue weighted by Crippen LogP contribution is 2.23. The fourth-order valence-electron chi connectivity index (χ4n) is 4.07. The molecule has 1 aliphatic rings. The number of aryl methyl sites for hydroxylation is 3. The summed E-state index contributed by atoms with van der Waals surface area (Å²) in [6.07, 6.45) is 9.41. The van der Waals surface area contributed by atoms with Crippen LogP contribution in [0.2, 0.25) is 0 Å². The van der Waals surface area contributed by atoms with E-state index in [4.69, 9.17) is 0 Å². The van der Waals surface area contributed by atoms with E-state index < -0.39 is 0 Å². The standard InChI is InChI=1S/C24H33N3O2/c1-18(2)12-16-26-17-13-19(3)22(23(26)28)24(29)27-15-7-5-9-21(27)11-10-20-8-4-6-14-25-20/h4,6,8,13-14,17-18,21H,5,7,9-12,15-16H2,1-3H3. The van der Waals surface area contributed by atoms with Crippen molar-refractivity contribution in [1.29, 1.82) is 0 Å². The lowest BCUT2D eigenvalue weighted by Crippen LogP contribution is -2.46. The maximum absolute atomic E-state index is 13.5. The molecule has 2 aromatic heterocycles. The summed E-state index contributed by atoms with van der Waals surface area (Å²) in [4.78, 5) is 32.9. The predicted molar refractivity (Wildman–Crippen MR) is 116 cm³/mol. The van der Waals surface area contributed by atoms with E-state index in [9.17, 15) is 9.59 Å². The van der Waals surface area contributed by atoms with Gasteiger partial charge in [-0.05, 0) is 75.1 Å².